The maximum Gasteiger partial charge on any atom is 0.416 e. The summed E-state index contributed by atoms with van der Waals surface area (Å²) in [4.78, 5) is 13.1. The van der Waals surface area contributed by atoms with Gasteiger partial charge in [0.05, 0.1) is 24.5 Å². The van der Waals surface area contributed by atoms with Crippen molar-refractivity contribution < 1.29 is 22.7 Å². The molecule has 2 N–H and O–H groups in total. The average molecular weight is 527 g/mol. The zero-order valence-electron chi connectivity index (χ0n) is 17.8. The molecule has 1 aliphatic rings. The summed E-state index contributed by atoms with van der Waals surface area (Å²) in [6, 6.07) is 14.1. The fraction of sp³-hybridized carbons (Fsp3) is 0.208. The molecular formula is C24H19Cl2F3N2O2S. The highest BCUT2D eigenvalue weighted by Gasteiger charge is 2.35. The minimum absolute atomic E-state index is 0.0450. The lowest BCUT2D eigenvalue weighted by molar-refractivity contribution is -0.137. The molecule has 1 heterocycles. The molecule has 0 spiro atoms. The fourth-order valence-electron chi connectivity index (χ4n) is 3.49. The van der Waals surface area contributed by atoms with Gasteiger partial charge in [0, 0.05) is 26.1 Å². The minimum atomic E-state index is -4.51. The van der Waals surface area contributed by atoms with Gasteiger partial charge in [0.2, 0.25) is 0 Å². The molecule has 34 heavy (non-hydrogen) atoms. The van der Waals surface area contributed by atoms with Crippen LogP contribution in [0.5, 0.6) is 0 Å². The zero-order chi connectivity index (χ0) is 24.5. The standard InChI is InChI=1S/C24H19Cl2F3N2O2S/c1-13-6-15(9-19(26)7-13)22(32)31-23-30-21-16(8-17(24(27,28)29)10-20(21)34-23)12-33-11-14-2-4-18(25)5-3-14/h2-10,23,30H,11-12H2,1H3,(H,31,32). The van der Waals surface area contributed by atoms with Crippen LogP contribution in [0.25, 0.3) is 0 Å². The first-order valence-corrected chi connectivity index (χ1v) is 11.8. The number of fused-ring (bicyclic) bond motifs is 1. The second kappa shape index (κ2) is 10.1. The van der Waals surface area contributed by atoms with E-state index in [0.29, 0.717) is 31.8 Å². The number of nitrogens with one attached hydrogen (secondary N) is 2. The van der Waals surface area contributed by atoms with Crippen molar-refractivity contribution in [3.63, 3.8) is 0 Å². The van der Waals surface area contributed by atoms with Gasteiger partial charge in [-0.1, -0.05) is 47.1 Å². The highest BCUT2D eigenvalue weighted by atomic mass is 35.5. The number of thioether (sulfide) groups is 1. The molecule has 3 aromatic carbocycles. The Hall–Kier alpha value is -2.39. The molecule has 178 valence electrons. The van der Waals surface area contributed by atoms with Crippen molar-refractivity contribution in [2.24, 2.45) is 0 Å². The van der Waals surface area contributed by atoms with E-state index < -0.39 is 17.2 Å². The Morgan fingerprint density at radius 3 is 2.47 bits per heavy atom. The van der Waals surface area contributed by atoms with E-state index in [1.54, 1.807) is 36.4 Å². The Morgan fingerprint density at radius 1 is 1.06 bits per heavy atom. The number of amides is 1. The van der Waals surface area contributed by atoms with Gasteiger partial charge in [-0.15, -0.1) is 0 Å². The Kier molecular flexibility index (Phi) is 7.33. The molecule has 1 unspecified atom stereocenters. The molecule has 3 aromatic rings. The van der Waals surface area contributed by atoms with Gasteiger partial charge in [0.25, 0.3) is 5.91 Å². The smallest absolute Gasteiger partial charge is 0.372 e. The molecule has 1 atom stereocenters. The molecule has 0 aromatic heterocycles. The van der Waals surface area contributed by atoms with Crippen LogP contribution in [-0.2, 0) is 24.1 Å². The molecule has 1 amide bonds. The van der Waals surface area contributed by atoms with Crippen LogP contribution in [-0.4, -0.2) is 11.4 Å². The number of benzene rings is 3. The van der Waals surface area contributed by atoms with Crippen LogP contribution < -0.4 is 10.6 Å². The van der Waals surface area contributed by atoms with Crippen LogP contribution in [0.2, 0.25) is 10.0 Å². The highest BCUT2D eigenvalue weighted by molar-refractivity contribution is 8.00. The second-order valence-electron chi connectivity index (χ2n) is 7.76. The Labute approximate surface area is 208 Å². The van der Waals surface area contributed by atoms with Gasteiger partial charge in [-0.25, -0.2) is 0 Å². The maximum absolute atomic E-state index is 13.5. The van der Waals surface area contributed by atoms with Crippen LogP contribution in [0, 0.1) is 6.92 Å². The topological polar surface area (TPSA) is 50.4 Å². The lowest BCUT2D eigenvalue weighted by Gasteiger charge is -2.15. The molecule has 0 bridgehead atoms. The van der Waals surface area contributed by atoms with Crippen LogP contribution in [0.1, 0.15) is 32.6 Å². The third-order valence-corrected chi connectivity index (χ3v) is 6.55. The van der Waals surface area contributed by atoms with Gasteiger partial charge >= 0.3 is 6.18 Å². The fourth-order valence-corrected chi connectivity index (χ4v) is 5.01. The van der Waals surface area contributed by atoms with E-state index in [9.17, 15) is 18.0 Å². The zero-order valence-corrected chi connectivity index (χ0v) is 20.1. The molecule has 0 saturated carbocycles. The van der Waals surface area contributed by atoms with E-state index in [0.717, 1.165) is 35.0 Å². The minimum Gasteiger partial charge on any atom is -0.372 e. The number of hydrogen-bond acceptors (Lipinski definition) is 4. The Bertz CT molecular complexity index is 1200. The van der Waals surface area contributed by atoms with Crippen LogP contribution in [0.3, 0.4) is 0 Å². The van der Waals surface area contributed by atoms with Crippen molar-refractivity contribution in [2.75, 3.05) is 5.32 Å². The molecule has 0 fully saturated rings. The van der Waals surface area contributed by atoms with E-state index in [-0.39, 0.29) is 19.1 Å². The van der Waals surface area contributed by atoms with Crippen molar-refractivity contribution in [1.82, 2.24) is 5.32 Å². The first kappa shape index (κ1) is 24.7. The molecule has 0 saturated heterocycles. The molecular weight excluding hydrogens is 508 g/mol. The summed E-state index contributed by atoms with van der Waals surface area (Å²) in [5.74, 6) is -0.389. The predicted molar refractivity (Wildman–Crippen MR) is 128 cm³/mol. The quantitative estimate of drug-likeness (QED) is 0.354. The number of aryl methyl sites for hydroxylation is 1. The SMILES string of the molecule is Cc1cc(Cl)cc(C(=O)NC2Nc3c(COCc4ccc(Cl)cc4)cc(C(F)(F)F)cc3S2)c1. The molecule has 4 nitrogen and oxygen atoms in total. The lowest BCUT2D eigenvalue weighted by Crippen LogP contribution is -2.36. The number of alkyl halides is 3. The molecule has 4 rings (SSSR count). The highest BCUT2D eigenvalue weighted by Crippen LogP contribution is 2.44. The molecule has 0 aliphatic carbocycles. The van der Waals surface area contributed by atoms with E-state index in [4.69, 9.17) is 27.9 Å². The van der Waals surface area contributed by atoms with E-state index >= 15 is 0 Å². The average Bonchev–Trinajstić information content (AvgIpc) is 3.16. The number of halogens is 5. The van der Waals surface area contributed by atoms with Crippen molar-refractivity contribution in [1.29, 1.82) is 0 Å². The van der Waals surface area contributed by atoms with Crippen LogP contribution in [0.15, 0.2) is 59.5 Å². The van der Waals surface area contributed by atoms with Crippen LogP contribution in [0.4, 0.5) is 18.9 Å². The van der Waals surface area contributed by atoms with Crippen molar-refractivity contribution in [2.45, 2.75) is 36.7 Å². The monoisotopic (exact) mass is 526 g/mol. The Morgan fingerprint density at radius 2 is 1.79 bits per heavy atom. The summed E-state index contributed by atoms with van der Waals surface area (Å²) >= 11 is 13.0. The summed E-state index contributed by atoms with van der Waals surface area (Å²) in [5, 5.41) is 6.90. The maximum atomic E-state index is 13.5. The third kappa shape index (κ3) is 5.99. The van der Waals surface area contributed by atoms with Crippen LogP contribution >= 0.6 is 35.0 Å². The largest absolute Gasteiger partial charge is 0.416 e. The molecule has 0 radical (unpaired) electrons. The molecule has 10 heteroatoms. The van der Waals surface area contributed by atoms with Gasteiger partial charge in [-0.05, 0) is 60.5 Å². The number of rotatable bonds is 6. The normalized spacial score (nSPS) is 15.1. The van der Waals surface area contributed by atoms with Gasteiger partial charge in [-0.2, -0.15) is 13.2 Å². The first-order chi connectivity index (χ1) is 16.1. The molecule has 1 aliphatic heterocycles. The number of anilines is 1. The van der Waals surface area contributed by atoms with Crippen molar-refractivity contribution >= 4 is 46.6 Å². The lowest BCUT2D eigenvalue weighted by atomic mass is 10.1. The van der Waals surface area contributed by atoms with E-state index in [1.165, 1.54) is 6.07 Å². The third-order valence-electron chi connectivity index (χ3n) is 5.04. The second-order valence-corrected chi connectivity index (χ2v) is 9.78. The van der Waals surface area contributed by atoms with E-state index in [2.05, 4.69) is 10.6 Å². The van der Waals surface area contributed by atoms with Gasteiger partial charge < -0.3 is 15.4 Å². The summed E-state index contributed by atoms with van der Waals surface area (Å²) in [6.07, 6.45) is -4.51. The number of carbonyl (C=O) groups excluding carboxylic acids is 1. The number of carbonyl (C=O) groups is 1. The van der Waals surface area contributed by atoms with Crippen molar-refractivity contribution in [3.8, 4) is 0 Å². The van der Waals surface area contributed by atoms with E-state index in [1.807, 2.05) is 6.92 Å². The van der Waals surface area contributed by atoms with Gasteiger partial charge in [0.15, 0.2) is 5.50 Å². The summed E-state index contributed by atoms with van der Waals surface area (Å²) < 4.78 is 46.2. The Balaban J connectivity index is 1.50. The summed E-state index contributed by atoms with van der Waals surface area (Å²) in [6.45, 7) is 1.98. The summed E-state index contributed by atoms with van der Waals surface area (Å²) in [5.41, 5.74) is 1.46. The summed E-state index contributed by atoms with van der Waals surface area (Å²) in [7, 11) is 0. The predicted octanol–water partition coefficient (Wildman–Crippen LogP) is 7.27. The van der Waals surface area contributed by atoms with Gasteiger partial charge in [-0.3, -0.25) is 4.79 Å². The van der Waals surface area contributed by atoms with Gasteiger partial charge in [0.1, 0.15) is 0 Å². The first-order valence-electron chi connectivity index (χ1n) is 10.2. The number of ether oxygens (including phenoxy) is 1. The number of hydrogen-bond donors (Lipinski definition) is 2. The van der Waals surface area contributed by atoms with Crippen molar-refractivity contribution in [3.05, 3.63) is 92.5 Å².